The molecule has 1 atom stereocenters. The maximum atomic E-state index is 12.9. The number of hydrogen-bond donors (Lipinski definition) is 1. The number of carbonyl (C=O) groups excluding carboxylic acids is 1. The van der Waals surface area contributed by atoms with E-state index >= 15 is 0 Å². The summed E-state index contributed by atoms with van der Waals surface area (Å²) in [7, 11) is 5.70. The van der Waals surface area contributed by atoms with E-state index in [-0.39, 0.29) is 5.91 Å². The Morgan fingerprint density at radius 2 is 2.00 bits per heavy atom. The van der Waals surface area contributed by atoms with Crippen molar-refractivity contribution in [3.63, 3.8) is 0 Å². The summed E-state index contributed by atoms with van der Waals surface area (Å²) in [6.07, 6.45) is 7.03. The minimum absolute atomic E-state index is 0.0696. The summed E-state index contributed by atoms with van der Waals surface area (Å²) >= 11 is 6.59. The molecule has 2 aliphatic rings. The van der Waals surface area contributed by atoms with Crippen LogP contribution in [0.4, 0.5) is 11.6 Å². The lowest BCUT2D eigenvalue weighted by Crippen LogP contribution is -2.33. The zero-order valence-electron chi connectivity index (χ0n) is 20.8. The van der Waals surface area contributed by atoms with Crippen LogP contribution in [-0.2, 0) is 13.0 Å². The fourth-order valence-corrected chi connectivity index (χ4v) is 5.98. The van der Waals surface area contributed by atoms with Gasteiger partial charge in [0.2, 0.25) is 5.95 Å². The van der Waals surface area contributed by atoms with Gasteiger partial charge in [-0.2, -0.15) is 4.98 Å². The van der Waals surface area contributed by atoms with Gasteiger partial charge in [-0.3, -0.25) is 9.36 Å². The van der Waals surface area contributed by atoms with Crippen LogP contribution in [0, 0.1) is 0 Å². The van der Waals surface area contributed by atoms with E-state index in [2.05, 4.69) is 34.4 Å². The van der Waals surface area contributed by atoms with Crippen LogP contribution in [-0.4, -0.2) is 57.9 Å². The molecule has 36 heavy (non-hydrogen) atoms. The number of likely N-dealkylation sites (N-methyl/N-ethyl adjacent to an activating group) is 1. The van der Waals surface area contributed by atoms with Crippen LogP contribution in [0.25, 0.3) is 16.7 Å². The second-order valence-corrected chi connectivity index (χ2v) is 10.5. The van der Waals surface area contributed by atoms with Crippen molar-refractivity contribution >= 4 is 40.0 Å². The Kier molecular flexibility index (Phi) is 5.69. The van der Waals surface area contributed by atoms with Crippen LogP contribution in [0.15, 0.2) is 48.8 Å². The van der Waals surface area contributed by atoms with Gasteiger partial charge in [0.15, 0.2) is 5.82 Å². The lowest BCUT2D eigenvalue weighted by atomic mass is 9.77. The summed E-state index contributed by atoms with van der Waals surface area (Å²) < 4.78 is 1.87. The Morgan fingerprint density at radius 3 is 2.83 bits per heavy atom. The van der Waals surface area contributed by atoms with Gasteiger partial charge in [-0.15, -0.1) is 0 Å². The fraction of sp³-hybridized carbons (Fsp3) is 0.321. The smallest absolute Gasteiger partial charge is 0.255 e. The van der Waals surface area contributed by atoms with Crippen molar-refractivity contribution in [1.29, 1.82) is 0 Å². The first-order chi connectivity index (χ1) is 17.4. The number of nitrogens with zero attached hydrogens (tertiary/aromatic N) is 5. The summed E-state index contributed by atoms with van der Waals surface area (Å²) in [4.78, 5) is 26.1. The second-order valence-electron chi connectivity index (χ2n) is 10.1. The van der Waals surface area contributed by atoms with E-state index in [1.54, 1.807) is 30.8 Å². The molecule has 0 spiro atoms. The monoisotopic (exact) mass is 500 g/mol. The molecular formula is C28H29ClN6O. The van der Waals surface area contributed by atoms with Gasteiger partial charge in [0.05, 0.1) is 17.3 Å². The number of amides is 1. The molecule has 2 aromatic carbocycles. The first kappa shape index (κ1) is 23.0. The average Bonchev–Trinajstić information content (AvgIpc) is 3.24. The number of carbonyl (C=O) groups is 1. The SMILES string of the molecule is CN1Cc2cc(Nc3ncc(Cl)c(-n4cc(C(=O)N(C)C)c5ccccc54)n3)cc3c2C(CCC3)C1. The van der Waals surface area contributed by atoms with Crippen molar-refractivity contribution < 1.29 is 4.79 Å². The number of halogens is 1. The molecule has 0 bridgehead atoms. The third-order valence-corrected chi connectivity index (χ3v) is 7.56. The number of anilines is 2. The average molecular weight is 501 g/mol. The van der Waals surface area contributed by atoms with E-state index in [9.17, 15) is 4.79 Å². The first-order valence-electron chi connectivity index (χ1n) is 12.3. The van der Waals surface area contributed by atoms with Gasteiger partial charge in [-0.05, 0) is 67.1 Å². The maximum Gasteiger partial charge on any atom is 0.255 e. The standard InChI is InChI=1S/C28H29ClN6O/c1-33(2)27(36)22-16-35(24-10-5-4-9-21(22)24)26-23(29)13-30-28(32-26)31-20-11-17-7-6-8-18-14-34(3)15-19(12-20)25(17)18/h4-5,9-13,16,18H,6-8,14-15H2,1-3H3,(H,30,31,32). The number of fused-ring (bicyclic) bond motifs is 1. The van der Waals surface area contributed by atoms with Crippen LogP contribution >= 0.6 is 11.6 Å². The van der Waals surface area contributed by atoms with Crippen molar-refractivity contribution in [2.45, 2.75) is 31.7 Å². The molecule has 1 amide bonds. The van der Waals surface area contributed by atoms with Crippen molar-refractivity contribution in [3.05, 3.63) is 76.1 Å². The Morgan fingerprint density at radius 1 is 1.19 bits per heavy atom. The van der Waals surface area contributed by atoms with Crippen molar-refractivity contribution in [3.8, 4) is 5.82 Å². The quantitative estimate of drug-likeness (QED) is 0.407. The van der Waals surface area contributed by atoms with Crippen molar-refractivity contribution in [2.75, 3.05) is 33.0 Å². The van der Waals surface area contributed by atoms with Crippen LogP contribution in [0.1, 0.15) is 45.8 Å². The van der Waals surface area contributed by atoms with Gasteiger partial charge < -0.3 is 15.1 Å². The van der Waals surface area contributed by atoms with E-state index in [0.717, 1.165) is 36.1 Å². The predicted octanol–water partition coefficient (Wildman–Crippen LogP) is 5.38. The molecule has 1 unspecified atom stereocenters. The number of aromatic nitrogens is 3. The molecule has 0 radical (unpaired) electrons. The van der Waals surface area contributed by atoms with E-state index in [4.69, 9.17) is 16.6 Å². The Bertz CT molecular complexity index is 1490. The van der Waals surface area contributed by atoms with Gasteiger partial charge in [-0.1, -0.05) is 29.8 Å². The number of aryl methyl sites for hydroxylation is 1. The lowest BCUT2D eigenvalue weighted by Gasteiger charge is -2.37. The molecule has 8 heteroatoms. The third kappa shape index (κ3) is 3.92. The number of rotatable bonds is 4. The molecule has 0 saturated heterocycles. The van der Waals surface area contributed by atoms with Gasteiger partial charge in [0, 0.05) is 44.5 Å². The topological polar surface area (TPSA) is 66.3 Å². The molecule has 0 fully saturated rings. The highest BCUT2D eigenvalue weighted by Gasteiger charge is 2.29. The maximum absolute atomic E-state index is 12.9. The zero-order chi connectivity index (χ0) is 25.0. The van der Waals surface area contributed by atoms with Crippen LogP contribution in [0.3, 0.4) is 0 Å². The summed E-state index contributed by atoms with van der Waals surface area (Å²) in [6, 6.07) is 12.3. The van der Waals surface area contributed by atoms with E-state index in [0.29, 0.717) is 28.3 Å². The summed E-state index contributed by atoms with van der Waals surface area (Å²) in [5.74, 6) is 1.56. The van der Waals surface area contributed by atoms with E-state index in [1.807, 2.05) is 35.0 Å². The third-order valence-electron chi connectivity index (χ3n) is 7.29. The van der Waals surface area contributed by atoms with Gasteiger partial charge in [0.1, 0.15) is 5.02 Å². The summed E-state index contributed by atoms with van der Waals surface area (Å²) in [5.41, 5.74) is 6.85. The van der Waals surface area contributed by atoms with Crippen molar-refractivity contribution in [1.82, 2.24) is 24.3 Å². The minimum Gasteiger partial charge on any atom is -0.345 e. The molecule has 6 rings (SSSR count). The molecule has 3 heterocycles. The first-order valence-corrected chi connectivity index (χ1v) is 12.7. The lowest BCUT2D eigenvalue weighted by molar-refractivity contribution is 0.0829. The molecule has 7 nitrogen and oxygen atoms in total. The molecular weight excluding hydrogens is 472 g/mol. The number of hydrogen-bond acceptors (Lipinski definition) is 5. The Hall–Kier alpha value is -3.42. The number of nitrogens with one attached hydrogen (secondary N) is 1. The molecule has 1 N–H and O–H groups in total. The highest BCUT2D eigenvalue weighted by atomic mass is 35.5. The van der Waals surface area contributed by atoms with Crippen molar-refractivity contribution in [2.24, 2.45) is 0 Å². The molecule has 1 aliphatic carbocycles. The molecule has 0 saturated carbocycles. The highest BCUT2D eigenvalue weighted by Crippen LogP contribution is 2.40. The molecule has 2 aromatic heterocycles. The minimum atomic E-state index is -0.0696. The molecule has 1 aliphatic heterocycles. The Labute approximate surface area is 215 Å². The summed E-state index contributed by atoms with van der Waals surface area (Å²) in [5, 5.41) is 4.69. The Balaban J connectivity index is 1.40. The van der Waals surface area contributed by atoms with Gasteiger partial charge in [-0.25, -0.2) is 4.98 Å². The summed E-state index contributed by atoms with van der Waals surface area (Å²) in [6.45, 7) is 2.10. The highest BCUT2D eigenvalue weighted by molar-refractivity contribution is 6.32. The van der Waals surface area contributed by atoms with Crippen LogP contribution < -0.4 is 5.32 Å². The predicted molar refractivity (Wildman–Crippen MR) is 144 cm³/mol. The van der Waals surface area contributed by atoms with Crippen LogP contribution in [0.2, 0.25) is 5.02 Å². The number of benzene rings is 2. The van der Waals surface area contributed by atoms with Crippen LogP contribution in [0.5, 0.6) is 0 Å². The van der Waals surface area contributed by atoms with Gasteiger partial charge in [0.25, 0.3) is 5.91 Å². The number of para-hydroxylation sites is 1. The van der Waals surface area contributed by atoms with Gasteiger partial charge >= 0.3 is 0 Å². The van der Waals surface area contributed by atoms with E-state index < -0.39 is 0 Å². The van der Waals surface area contributed by atoms with E-state index in [1.165, 1.54) is 24.0 Å². The zero-order valence-corrected chi connectivity index (χ0v) is 21.5. The second kappa shape index (κ2) is 8.91. The molecule has 4 aromatic rings. The fourth-order valence-electron chi connectivity index (χ4n) is 5.79. The normalized spacial score (nSPS) is 17.2. The molecule has 184 valence electrons. The largest absolute Gasteiger partial charge is 0.345 e.